The molecule has 0 aliphatic carbocycles. The van der Waals surface area contributed by atoms with Crippen molar-refractivity contribution in [3.8, 4) is 0 Å². The van der Waals surface area contributed by atoms with Crippen LogP contribution in [0.3, 0.4) is 0 Å². The molecule has 0 bridgehead atoms. The maximum atomic E-state index is 12.8. The van der Waals surface area contributed by atoms with E-state index < -0.39 is 11.4 Å². The van der Waals surface area contributed by atoms with Crippen LogP contribution in [0.25, 0.3) is 0 Å². The number of hydrogen-bond donors (Lipinski definition) is 1. The molecular weight excluding hydrogens is 229 g/mol. The smallest absolute Gasteiger partial charge is 0.141 e. The first-order valence-electron chi connectivity index (χ1n) is 5.96. The average molecular weight is 245 g/mol. The highest BCUT2D eigenvalue weighted by Gasteiger charge is 2.24. The summed E-state index contributed by atoms with van der Waals surface area (Å²) < 4.78 is 12.8. The van der Waals surface area contributed by atoms with Crippen LogP contribution in [0.5, 0.6) is 0 Å². The van der Waals surface area contributed by atoms with E-state index in [9.17, 15) is 9.50 Å². The lowest BCUT2D eigenvalue weighted by molar-refractivity contribution is 0.0434. The Morgan fingerprint density at radius 2 is 1.89 bits per heavy atom. The third-order valence-electron chi connectivity index (χ3n) is 3.02. The van der Waals surface area contributed by atoms with Crippen LogP contribution in [0.15, 0.2) is 48.7 Å². The number of benzene rings is 1. The molecule has 0 aliphatic rings. The zero-order valence-electron chi connectivity index (χ0n) is 10.3. The molecule has 0 amide bonds. The van der Waals surface area contributed by atoms with Crippen LogP contribution >= 0.6 is 0 Å². The van der Waals surface area contributed by atoms with Crippen molar-refractivity contribution in [2.45, 2.75) is 25.4 Å². The Morgan fingerprint density at radius 3 is 2.50 bits per heavy atom. The van der Waals surface area contributed by atoms with Crippen LogP contribution < -0.4 is 0 Å². The first kappa shape index (κ1) is 12.7. The first-order valence-corrected chi connectivity index (χ1v) is 5.96. The van der Waals surface area contributed by atoms with Gasteiger partial charge in [-0.2, -0.15) is 0 Å². The van der Waals surface area contributed by atoms with E-state index in [1.165, 1.54) is 17.7 Å². The number of rotatable bonds is 4. The minimum atomic E-state index is -1.04. The van der Waals surface area contributed by atoms with E-state index in [1.807, 2.05) is 30.3 Å². The predicted octanol–water partition coefficient (Wildman–Crippen LogP) is 3.06. The molecule has 1 N–H and O–H groups in total. The third kappa shape index (κ3) is 3.14. The summed E-state index contributed by atoms with van der Waals surface area (Å²) in [6.45, 7) is 1.70. The van der Waals surface area contributed by atoms with Gasteiger partial charge < -0.3 is 5.11 Å². The number of halogens is 1. The van der Waals surface area contributed by atoms with Crippen molar-refractivity contribution < 1.29 is 9.50 Å². The summed E-state index contributed by atoms with van der Waals surface area (Å²) in [6.07, 6.45) is 2.44. The Morgan fingerprint density at radius 1 is 1.17 bits per heavy atom. The van der Waals surface area contributed by atoms with Gasteiger partial charge in [-0.05, 0) is 37.5 Å². The molecule has 2 aromatic rings. The molecule has 0 spiro atoms. The Hall–Kier alpha value is -1.74. The number of hydrogen-bond acceptors (Lipinski definition) is 2. The minimum absolute atomic E-state index is 0.391. The van der Waals surface area contributed by atoms with Crippen LogP contribution in [0.2, 0.25) is 0 Å². The number of aryl methyl sites for hydroxylation is 1. The molecule has 0 saturated heterocycles. The van der Waals surface area contributed by atoms with Crippen molar-refractivity contribution in [1.29, 1.82) is 0 Å². The van der Waals surface area contributed by atoms with Gasteiger partial charge in [-0.15, -0.1) is 0 Å². The molecule has 2 rings (SSSR count). The van der Waals surface area contributed by atoms with Gasteiger partial charge in [-0.3, -0.25) is 4.98 Å². The molecule has 0 aliphatic heterocycles. The summed E-state index contributed by atoms with van der Waals surface area (Å²) in [7, 11) is 0. The fourth-order valence-corrected chi connectivity index (χ4v) is 1.85. The number of aromatic nitrogens is 1. The molecule has 0 saturated carbocycles. The number of pyridine rings is 1. The molecule has 3 heteroatoms. The van der Waals surface area contributed by atoms with Crippen molar-refractivity contribution in [3.63, 3.8) is 0 Å². The Balaban J connectivity index is 2.05. The Bertz CT molecular complexity index is 494. The van der Waals surface area contributed by atoms with Gasteiger partial charge in [0.15, 0.2) is 0 Å². The van der Waals surface area contributed by atoms with Crippen LogP contribution in [-0.4, -0.2) is 10.1 Å². The van der Waals surface area contributed by atoms with Crippen molar-refractivity contribution >= 4 is 0 Å². The lowest BCUT2D eigenvalue weighted by Crippen LogP contribution is -2.23. The second-order valence-electron chi connectivity index (χ2n) is 4.62. The van der Waals surface area contributed by atoms with Crippen molar-refractivity contribution in [1.82, 2.24) is 4.98 Å². The minimum Gasteiger partial charge on any atom is -0.384 e. The predicted molar refractivity (Wildman–Crippen MR) is 68.5 cm³/mol. The summed E-state index contributed by atoms with van der Waals surface area (Å²) in [4.78, 5) is 3.94. The maximum absolute atomic E-state index is 12.8. The van der Waals surface area contributed by atoms with Gasteiger partial charge in [0.1, 0.15) is 11.4 Å². The van der Waals surface area contributed by atoms with E-state index in [4.69, 9.17) is 0 Å². The van der Waals surface area contributed by atoms with Crippen molar-refractivity contribution in [3.05, 3.63) is 65.7 Å². The molecule has 1 atom stereocenters. The first-order chi connectivity index (χ1) is 8.58. The largest absolute Gasteiger partial charge is 0.384 e. The normalized spacial score (nSPS) is 14.2. The van der Waals surface area contributed by atoms with E-state index in [-0.39, 0.29) is 0 Å². The quantitative estimate of drug-likeness (QED) is 0.898. The fourth-order valence-electron chi connectivity index (χ4n) is 1.85. The van der Waals surface area contributed by atoms with Gasteiger partial charge in [-0.1, -0.05) is 30.3 Å². The second kappa shape index (κ2) is 5.27. The van der Waals surface area contributed by atoms with Crippen molar-refractivity contribution in [2.24, 2.45) is 0 Å². The molecule has 18 heavy (non-hydrogen) atoms. The molecule has 1 unspecified atom stereocenters. The van der Waals surface area contributed by atoms with E-state index in [2.05, 4.69) is 4.98 Å². The van der Waals surface area contributed by atoms with Crippen molar-refractivity contribution in [2.75, 3.05) is 0 Å². The van der Waals surface area contributed by atoms with Gasteiger partial charge in [0.05, 0.1) is 11.9 Å². The van der Waals surface area contributed by atoms with Gasteiger partial charge in [0.25, 0.3) is 0 Å². The lowest BCUT2D eigenvalue weighted by Gasteiger charge is -2.22. The van der Waals surface area contributed by atoms with Crippen LogP contribution in [0.1, 0.15) is 24.6 Å². The Labute approximate surface area is 106 Å². The molecule has 0 radical (unpaired) electrons. The SMILES string of the molecule is CC(O)(CCc1ccccc1)c1ccc(F)cn1. The van der Waals surface area contributed by atoms with E-state index in [1.54, 1.807) is 6.92 Å². The highest BCUT2D eigenvalue weighted by Crippen LogP contribution is 2.24. The fraction of sp³-hybridized carbons (Fsp3) is 0.267. The molecular formula is C15H16FNO. The Kier molecular flexibility index (Phi) is 3.72. The van der Waals surface area contributed by atoms with Crippen LogP contribution in [0.4, 0.5) is 4.39 Å². The van der Waals surface area contributed by atoms with E-state index in [0.29, 0.717) is 12.1 Å². The zero-order chi connectivity index (χ0) is 13.0. The van der Waals surface area contributed by atoms with Gasteiger partial charge in [0.2, 0.25) is 0 Å². The van der Waals surface area contributed by atoms with Crippen LogP contribution in [-0.2, 0) is 12.0 Å². The summed E-state index contributed by atoms with van der Waals surface area (Å²) in [6, 6.07) is 12.8. The summed E-state index contributed by atoms with van der Waals surface area (Å²) in [5.74, 6) is -0.391. The molecule has 1 heterocycles. The third-order valence-corrected chi connectivity index (χ3v) is 3.02. The standard InChI is InChI=1S/C15H16FNO/c1-15(18,14-8-7-13(16)11-17-14)10-9-12-5-3-2-4-6-12/h2-8,11,18H,9-10H2,1H3. The molecule has 0 fully saturated rings. The van der Waals surface area contributed by atoms with E-state index in [0.717, 1.165) is 12.6 Å². The van der Waals surface area contributed by atoms with Gasteiger partial charge in [-0.25, -0.2) is 4.39 Å². The molecule has 1 aromatic carbocycles. The van der Waals surface area contributed by atoms with Gasteiger partial charge in [0, 0.05) is 0 Å². The van der Waals surface area contributed by atoms with E-state index >= 15 is 0 Å². The van der Waals surface area contributed by atoms with Gasteiger partial charge >= 0.3 is 0 Å². The molecule has 1 aromatic heterocycles. The summed E-state index contributed by atoms with van der Waals surface area (Å²) in [5, 5.41) is 10.4. The molecule has 94 valence electrons. The summed E-state index contributed by atoms with van der Waals surface area (Å²) in [5.41, 5.74) is 0.628. The highest BCUT2D eigenvalue weighted by molar-refractivity contribution is 5.17. The lowest BCUT2D eigenvalue weighted by atomic mass is 9.93. The second-order valence-corrected chi connectivity index (χ2v) is 4.62. The summed E-state index contributed by atoms with van der Waals surface area (Å²) >= 11 is 0. The average Bonchev–Trinajstić information content (AvgIpc) is 2.38. The monoisotopic (exact) mass is 245 g/mol. The molecule has 2 nitrogen and oxygen atoms in total. The maximum Gasteiger partial charge on any atom is 0.141 e. The zero-order valence-corrected chi connectivity index (χ0v) is 10.3. The highest BCUT2D eigenvalue weighted by atomic mass is 19.1. The van der Waals surface area contributed by atoms with Crippen LogP contribution in [0, 0.1) is 5.82 Å². The number of aliphatic hydroxyl groups is 1. The number of nitrogens with zero attached hydrogens (tertiary/aromatic N) is 1. The topological polar surface area (TPSA) is 33.1 Å².